The van der Waals surface area contributed by atoms with Gasteiger partial charge in [-0.15, -0.1) is 0 Å². The zero-order valence-electron chi connectivity index (χ0n) is 11.3. The van der Waals surface area contributed by atoms with E-state index in [1.165, 1.54) is 6.07 Å². The van der Waals surface area contributed by atoms with Gasteiger partial charge in [-0.1, -0.05) is 31.2 Å². The van der Waals surface area contributed by atoms with Crippen molar-refractivity contribution in [1.82, 2.24) is 4.90 Å². The van der Waals surface area contributed by atoms with Crippen LogP contribution in [-0.2, 0) is 0 Å². The molecule has 1 aliphatic heterocycles. The molecule has 0 bridgehead atoms. The predicted molar refractivity (Wildman–Crippen MR) is 81.7 cm³/mol. The Kier molecular flexibility index (Phi) is 3.66. The Balaban J connectivity index is 2.01. The van der Waals surface area contributed by atoms with E-state index in [9.17, 15) is 9.18 Å². The maximum Gasteiger partial charge on any atom is 0.254 e. The Labute approximate surface area is 122 Å². The average Bonchev–Trinajstić information content (AvgIpc) is 2.47. The quantitative estimate of drug-likeness (QED) is 0.800. The van der Waals surface area contributed by atoms with Crippen LogP contribution in [-0.4, -0.2) is 34.9 Å². The maximum absolute atomic E-state index is 13.8. The van der Waals surface area contributed by atoms with E-state index in [2.05, 4.69) is 6.92 Å². The van der Waals surface area contributed by atoms with E-state index in [0.717, 1.165) is 18.8 Å². The number of rotatable bonds is 1. The number of hydrogen-bond acceptors (Lipinski definition) is 2. The summed E-state index contributed by atoms with van der Waals surface area (Å²) in [6.07, 6.45) is 0. The molecule has 0 spiro atoms. The van der Waals surface area contributed by atoms with Crippen LogP contribution in [0.3, 0.4) is 0 Å². The van der Waals surface area contributed by atoms with Crippen molar-refractivity contribution >= 4 is 28.4 Å². The average molecular weight is 289 g/mol. The van der Waals surface area contributed by atoms with Crippen molar-refractivity contribution in [2.45, 2.75) is 12.2 Å². The van der Waals surface area contributed by atoms with Gasteiger partial charge in [0.15, 0.2) is 0 Å². The second kappa shape index (κ2) is 5.44. The van der Waals surface area contributed by atoms with Crippen LogP contribution < -0.4 is 0 Å². The van der Waals surface area contributed by atoms with E-state index in [4.69, 9.17) is 0 Å². The fourth-order valence-electron chi connectivity index (χ4n) is 2.62. The molecule has 1 heterocycles. The molecule has 2 aromatic carbocycles. The Hall–Kier alpha value is -1.55. The fraction of sp³-hybridized carbons (Fsp3) is 0.312. The highest BCUT2D eigenvalue weighted by Gasteiger charge is 2.23. The van der Waals surface area contributed by atoms with Gasteiger partial charge in [0.25, 0.3) is 5.91 Å². The molecule has 2 nitrogen and oxygen atoms in total. The number of fused-ring (bicyclic) bond motifs is 1. The number of amides is 1. The van der Waals surface area contributed by atoms with Crippen LogP contribution in [0.2, 0.25) is 0 Å². The summed E-state index contributed by atoms with van der Waals surface area (Å²) >= 11 is 1.89. The van der Waals surface area contributed by atoms with Crippen LogP contribution in [0, 0.1) is 5.82 Å². The normalized spacial score (nSPS) is 19.3. The fourth-order valence-corrected chi connectivity index (χ4v) is 3.64. The molecule has 3 rings (SSSR count). The lowest BCUT2D eigenvalue weighted by Crippen LogP contribution is -2.41. The Morgan fingerprint density at radius 3 is 2.75 bits per heavy atom. The molecule has 1 amide bonds. The molecule has 1 atom stereocenters. The molecule has 1 aliphatic rings. The number of carbonyl (C=O) groups is 1. The molecule has 2 aromatic rings. The summed E-state index contributed by atoms with van der Waals surface area (Å²) in [5.74, 6) is 0.694. The Morgan fingerprint density at radius 1 is 1.25 bits per heavy atom. The second-order valence-electron chi connectivity index (χ2n) is 5.07. The summed E-state index contributed by atoms with van der Waals surface area (Å²) in [6.45, 7) is 3.65. The van der Waals surface area contributed by atoms with Crippen molar-refractivity contribution in [2.75, 3.05) is 18.8 Å². The highest BCUT2D eigenvalue weighted by Crippen LogP contribution is 2.25. The summed E-state index contributed by atoms with van der Waals surface area (Å²) in [5.41, 5.74) is 0.598. The largest absolute Gasteiger partial charge is 0.337 e. The van der Waals surface area contributed by atoms with Crippen LogP contribution in [0.15, 0.2) is 36.4 Å². The molecule has 104 valence electrons. The summed E-state index contributed by atoms with van der Waals surface area (Å²) < 4.78 is 13.8. The number of benzene rings is 2. The summed E-state index contributed by atoms with van der Waals surface area (Å²) in [4.78, 5) is 14.5. The molecule has 20 heavy (non-hydrogen) atoms. The monoisotopic (exact) mass is 289 g/mol. The van der Waals surface area contributed by atoms with Gasteiger partial charge in [-0.2, -0.15) is 11.8 Å². The van der Waals surface area contributed by atoms with Crippen molar-refractivity contribution < 1.29 is 9.18 Å². The van der Waals surface area contributed by atoms with Crippen molar-refractivity contribution in [3.63, 3.8) is 0 Å². The highest BCUT2D eigenvalue weighted by molar-refractivity contribution is 7.99. The van der Waals surface area contributed by atoms with Gasteiger partial charge in [0.2, 0.25) is 0 Å². The zero-order chi connectivity index (χ0) is 14.1. The van der Waals surface area contributed by atoms with Gasteiger partial charge in [0.1, 0.15) is 5.82 Å². The number of carbonyl (C=O) groups excluding carboxylic acids is 1. The first-order chi connectivity index (χ1) is 9.66. The van der Waals surface area contributed by atoms with Gasteiger partial charge < -0.3 is 4.90 Å². The Morgan fingerprint density at radius 2 is 2.00 bits per heavy atom. The summed E-state index contributed by atoms with van der Waals surface area (Å²) in [5, 5.41) is 1.67. The lowest BCUT2D eigenvalue weighted by molar-refractivity contribution is 0.0765. The molecule has 0 aromatic heterocycles. The number of nitrogens with zero attached hydrogens (tertiary/aromatic N) is 1. The molecule has 1 saturated heterocycles. The lowest BCUT2D eigenvalue weighted by Gasteiger charge is -2.31. The first-order valence-electron chi connectivity index (χ1n) is 6.75. The van der Waals surface area contributed by atoms with Gasteiger partial charge in [-0.05, 0) is 17.5 Å². The SMILES string of the molecule is CC1CN(C(=O)c2ccc(F)c3ccccc23)CCS1. The topological polar surface area (TPSA) is 20.3 Å². The van der Waals surface area contributed by atoms with Gasteiger partial charge in [0.05, 0.1) is 0 Å². The molecular weight excluding hydrogens is 273 g/mol. The van der Waals surface area contributed by atoms with E-state index in [-0.39, 0.29) is 11.7 Å². The minimum Gasteiger partial charge on any atom is -0.337 e. The van der Waals surface area contributed by atoms with Crippen LogP contribution in [0.4, 0.5) is 4.39 Å². The van der Waals surface area contributed by atoms with Gasteiger partial charge in [0, 0.05) is 35.0 Å². The van der Waals surface area contributed by atoms with Crippen molar-refractivity contribution in [3.8, 4) is 0 Å². The molecule has 0 radical (unpaired) electrons. The van der Waals surface area contributed by atoms with Crippen LogP contribution in [0.1, 0.15) is 17.3 Å². The first-order valence-corrected chi connectivity index (χ1v) is 7.80. The van der Waals surface area contributed by atoms with Crippen molar-refractivity contribution in [2.24, 2.45) is 0 Å². The lowest BCUT2D eigenvalue weighted by atomic mass is 10.0. The van der Waals surface area contributed by atoms with Crippen molar-refractivity contribution in [3.05, 3.63) is 47.8 Å². The molecule has 0 N–H and O–H groups in total. The molecular formula is C16H16FNOS. The summed E-state index contributed by atoms with van der Waals surface area (Å²) in [7, 11) is 0. The van der Waals surface area contributed by atoms with Crippen LogP contribution in [0.5, 0.6) is 0 Å². The van der Waals surface area contributed by atoms with Gasteiger partial charge in [-0.3, -0.25) is 4.79 Å². The van der Waals surface area contributed by atoms with Crippen LogP contribution >= 0.6 is 11.8 Å². The number of thioether (sulfide) groups is 1. The maximum atomic E-state index is 13.8. The highest BCUT2D eigenvalue weighted by atomic mass is 32.2. The summed E-state index contributed by atoms with van der Waals surface area (Å²) in [6, 6.07) is 10.2. The standard InChI is InChI=1S/C16H16FNOS/c1-11-10-18(8-9-20-11)16(19)14-6-7-15(17)13-5-3-2-4-12(13)14/h2-7,11H,8-10H2,1H3. The van der Waals surface area contributed by atoms with Crippen molar-refractivity contribution in [1.29, 1.82) is 0 Å². The van der Waals surface area contributed by atoms with E-state index in [1.54, 1.807) is 18.2 Å². The van der Waals surface area contributed by atoms with E-state index in [1.807, 2.05) is 28.8 Å². The van der Waals surface area contributed by atoms with Gasteiger partial charge in [-0.25, -0.2) is 4.39 Å². The second-order valence-corrected chi connectivity index (χ2v) is 6.62. The minimum atomic E-state index is -0.278. The third-order valence-electron chi connectivity index (χ3n) is 3.63. The first kappa shape index (κ1) is 13.4. The molecule has 0 saturated carbocycles. The molecule has 0 aliphatic carbocycles. The molecule has 1 unspecified atom stereocenters. The van der Waals surface area contributed by atoms with E-state index < -0.39 is 0 Å². The third-order valence-corrected chi connectivity index (χ3v) is 4.77. The predicted octanol–water partition coefficient (Wildman–Crippen LogP) is 3.56. The van der Waals surface area contributed by atoms with Crippen LogP contribution in [0.25, 0.3) is 10.8 Å². The smallest absolute Gasteiger partial charge is 0.254 e. The van der Waals surface area contributed by atoms with E-state index in [0.29, 0.717) is 21.6 Å². The number of hydrogen-bond donors (Lipinski definition) is 0. The van der Waals surface area contributed by atoms with Gasteiger partial charge >= 0.3 is 0 Å². The molecule has 1 fully saturated rings. The molecule has 4 heteroatoms. The third kappa shape index (κ3) is 2.40. The minimum absolute atomic E-state index is 0.00773. The zero-order valence-corrected chi connectivity index (χ0v) is 12.1. The Bertz CT molecular complexity index is 658. The number of halogens is 1. The van der Waals surface area contributed by atoms with E-state index >= 15 is 0 Å².